The molecule has 2 rings (SSSR count). The largest absolute Gasteiger partial charge is 0.396 e. The topological polar surface area (TPSA) is 40.5 Å². The quantitative estimate of drug-likeness (QED) is 0.820. The molecule has 1 aromatic carbocycles. The Morgan fingerprint density at radius 1 is 1.44 bits per heavy atom. The summed E-state index contributed by atoms with van der Waals surface area (Å²) in [5.74, 6) is -0.0629. The van der Waals surface area contributed by atoms with E-state index >= 15 is 0 Å². The summed E-state index contributed by atoms with van der Waals surface area (Å²) < 4.78 is 13.6. The number of likely N-dealkylation sites (tertiary alicyclic amines) is 1. The first kappa shape index (κ1) is 13.7. The van der Waals surface area contributed by atoms with E-state index in [2.05, 4.69) is 0 Å². The molecule has 0 bridgehead atoms. The smallest absolute Gasteiger partial charge is 0.254 e. The molecule has 1 aliphatic rings. The monoisotopic (exact) mass is 363 g/mol. The van der Waals surface area contributed by atoms with E-state index < -0.39 is 0 Å². The normalized spacial score (nSPS) is 16.9. The third kappa shape index (κ3) is 3.00. The lowest BCUT2D eigenvalue weighted by Gasteiger charge is -2.31. The summed E-state index contributed by atoms with van der Waals surface area (Å²) in [4.78, 5) is 14.0. The van der Waals surface area contributed by atoms with Crippen LogP contribution in [-0.2, 0) is 0 Å². The number of carbonyl (C=O) groups is 1. The lowest BCUT2D eigenvalue weighted by Crippen LogP contribution is -2.39. The standard InChI is InChI=1S/C13H15FINO2/c14-10-1-2-11(12(15)7-10)13(18)16-5-3-9(8-17)4-6-16/h1-2,7,9,17H,3-6,8H2. The fraction of sp³-hybridized carbons (Fsp3) is 0.462. The van der Waals surface area contributed by atoms with Gasteiger partial charge in [0.15, 0.2) is 0 Å². The summed E-state index contributed by atoms with van der Waals surface area (Å²) in [6.45, 7) is 1.52. The lowest BCUT2D eigenvalue weighted by atomic mass is 9.97. The summed E-state index contributed by atoms with van der Waals surface area (Å²) in [5, 5.41) is 9.06. The fourth-order valence-electron chi connectivity index (χ4n) is 2.15. The molecule has 1 heterocycles. The average molecular weight is 363 g/mol. The van der Waals surface area contributed by atoms with Gasteiger partial charge in [0.2, 0.25) is 0 Å². The third-order valence-corrected chi connectivity index (χ3v) is 4.21. The first-order valence-electron chi connectivity index (χ1n) is 5.97. The van der Waals surface area contributed by atoms with Crippen LogP contribution in [0.1, 0.15) is 23.2 Å². The number of halogens is 2. The summed E-state index contributed by atoms with van der Waals surface area (Å²) in [7, 11) is 0. The molecular formula is C13H15FINO2. The molecule has 0 spiro atoms. The number of piperidine rings is 1. The highest BCUT2D eigenvalue weighted by Gasteiger charge is 2.24. The van der Waals surface area contributed by atoms with E-state index in [0.29, 0.717) is 28.1 Å². The molecule has 18 heavy (non-hydrogen) atoms. The van der Waals surface area contributed by atoms with Gasteiger partial charge in [-0.15, -0.1) is 0 Å². The van der Waals surface area contributed by atoms with Crippen molar-refractivity contribution >= 4 is 28.5 Å². The second-order valence-corrected chi connectivity index (χ2v) is 5.70. The Labute approximate surface area is 119 Å². The molecule has 0 aliphatic carbocycles. The van der Waals surface area contributed by atoms with Gasteiger partial charge in [0.05, 0.1) is 5.56 Å². The van der Waals surface area contributed by atoms with E-state index in [1.54, 1.807) is 4.90 Å². The number of hydrogen-bond donors (Lipinski definition) is 1. The zero-order valence-electron chi connectivity index (χ0n) is 9.90. The first-order chi connectivity index (χ1) is 8.61. The molecule has 0 saturated carbocycles. The van der Waals surface area contributed by atoms with Crippen LogP contribution in [0.4, 0.5) is 4.39 Å². The van der Waals surface area contributed by atoms with Crippen LogP contribution >= 0.6 is 22.6 Å². The van der Waals surface area contributed by atoms with Crippen LogP contribution in [0.2, 0.25) is 0 Å². The minimum Gasteiger partial charge on any atom is -0.396 e. The number of carbonyl (C=O) groups excluding carboxylic acids is 1. The molecule has 1 aliphatic heterocycles. The Morgan fingerprint density at radius 3 is 2.67 bits per heavy atom. The molecule has 98 valence electrons. The zero-order chi connectivity index (χ0) is 13.1. The number of amides is 1. The first-order valence-corrected chi connectivity index (χ1v) is 7.05. The number of hydrogen-bond acceptors (Lipinski definition) is 2. The van der Waals surface area contributed by atoms with E-state index in [1.807, 2.05) is 22.6 Å². The molecule has 0 aromatic heterocycles. The van der Waals surface area contributed by atoms with Crippen molar-refractivity contribution in [3.05, 3.63) is 33.1 Å². The highest BCUT2D eigenvalue weighted by Crippen LogP contribution is 2.21. The minimum absolute atomic E-state index is 0.0456. The average Bonchev–Trinajstić information content (AvgIpc) is 2.38. The summed E-state index contributed by atoms with van der Waals surface area (Å²) in [6, 6.07) is 4.22. The van der Waals surface area contributed by atoms with Crippen LogP contribution in [0, 0.1) is 15.3 Å². The third-order valence-electron chi connectivity index (χ3n) is 3.32. The Morgan fingerprint density at radius 2 is 2.11 bits per heavy atom. The fourth-order valence-corrected chi connectivity index (χ4v) is 2.86. The van der Waals surface area contributed by atoms with Gasteiger partial charge in [-0.2, -0.15) is 0 Å². The van der Waals surface area contributed by atoms with Crippen molar-refractivity contribution in [2.24, 2.45) is 5.92 Å². The number of nitrogens with zero attached hydrogens (tertiary/aromatic N) is 1. The van der Waals surface area contributed by atoms with Gasteiger partial charge in [0, 0.05) is 23.3 Å². The molecular weight excluding hydrogens is 348 g/mol. The van der Waals surface area contributed by atoms with Crippen LogP contribution < -0.4 is 0 Å². The van der Waals surface area contributed by atoms with E-state index in [9.17, 15) is 9.18 Å². The van der Waals surface area contributed by atoms with Crippen molar-refractivity contribution < 1.29 is 14.3 Å². The van der Waals surface area contributed by atoms with Crippen LogP contribution in [0.5, 0.6) is 0 Å². The van der Waals surface area contributed by atoms with E-state index in [-0.39, 0.29) is 18.3 Å². The zero-order valence-corrected chi connectivity index (χ0v) is 12.1. The van der Waals surface area contributed by atoms with Gasteiger partial charge < -0.3 is 10.0 Å². The van der Waals surface area contributed by atoms with Gasteiger partial charge in [-0.3, -0.25) is 4.79 Å². The number of rotatable bonds is 2. The molecule has 5 heteroatoms. The number of aliphatic hydroxyl groups excluding tert-OH is 1. The van der Waals surface area contributed by atoms with Crippen LogP contribution in [0.3, 0.4) is 0 Å². The Kier molecular flexibility index (Phi) is 4.55. The molecule has 0 radical (unpaired) electrons. The summed E-state index contributed by atoms with van der Waals surface area (Å²) in [6.07, 6.45) is 1.67. The van der Waals surface area contributed by atoms with Crippen molar-refractivity contribution in [2.45, 2.75) is 12.8 Å². The maximum absolute atomic E-state index is 13.0. The molecule has 0 atom stereocenters. The highest BCUT2D eigenvalue weighted by atomic mass is 127. The Bertz CT molecular complexity index is 445. The molecule has 1 amide bonds. The predicted molar refractivity (Wildman–Crippen MR) is 74.8 cm³/mol. The van der Waals surface area contributed by atoms with E-state index in [4.69, 9.17) is 5.11 Å². The summed E-state index contributed by atoms with van der Waals surface area (Å²) in [5.41, 5.74) is 0.555. The lowest BCUT2D eigenvalue weighted by molar-refractivity contribution is 0.0650. The molecule has 1 fully saturated rings. The van der Waals surface area contributed by atoms with Crippen molar-refractivity contribution in [3.8, 4) is 0 Å². The molecule has 1 N–H and O–H groups in total. The van der Waals surface area contributed by atoms with Gasteiger partial charge in [-0.1, -0.05) is 0 Å². The van der Waals surface area contributed by atoms with Crippen molar-refractivity contribution in [1.82, 2.24) is 4.90 Å². The number of benzene rings is 1. The Balaban J connectivity index is 2.08. The SMILES string of the molecule is O=C(c1ccc(F)cc1I)N1CCC(CO)CC1. The van der Waals surface area contributed by atoms with Crippen molar-refractivity contribution in [1.29, 1.82) is 0 Å². The molecule has 1 aromatic rings. The van der Waals surface area contributed by atoms with Gasteiger partial charge >= 0.3 is 0 Å². The maximum atomic E-state index is 13.0. The minimum atomic E-state index is -0.324. The second kappa shape index (κ2) is 5.97. The maximum Gasteiger partial charge on any atom is 0.254 e. The van der Waals surface area contributed by atoms with Crippen LogP contribution in [0.15, 0.2) is 18.2 Å². The van der Waals surface area contributed by atoms with E-state index in [0.717, 1.165) is 12.8 Å². The predicted octanol–water partition coefficient (Wildman–Crippen LogP) is 2.27. The van der Waals surface area contributed by atoms with Gasteiger partial charge in [-0.25, -0.2) is 4.39 Å². The van der Waals surface area contributed by atoms with Crippen LogP contribution in [0.25, 0.3) is 0 Å². The Hall–Kier alpha value is -0.690. The number of aliphatic hydroxyl groups is 1. The van der Waals surface area contributed by atoms with Gasteiger partial charge in [-0.05, 0) is 59.5 Å². The second-order valence-electron chi connectivity index (χ2n) is 4.54. The summed E-state index contributed by atoms with van der Waals surface area (Å²) >= 11 is 1.98. The van der Waals surface area contributed by atoms with Crippen LogP contribution in [-0.4, -0.2) is 35.6 Å². The van der Waals surface area contributed by atoms with Gasteiger partial charge in [0.25, 0.3) is 5.91 Å². The van der Waals surface area contributed by atoms with Gasteiger partial charge in [0.1, 0.15) is 5.82 Å². The molecule has 3 nitrogen and oxygen atoms in total. The van der Waals surface area contributed by atoms with Crippen molar-refractivity contribution in [3.63, 3.8) is 0 Å². The van der Waals surface area contributed by atoms with E-state index in [1.165, 1.54) is 18.2 Å². The molecule has 0 unspecified atom stereocenters. The molecule has 1 saturated heterocycles. The highest BCUT2D eigenvalue weighted by molar-refractivity contribution is 14.1. The van der Waals surface area contributed by atoms with Crippen molar-refractivity contribution in [2.75, 3.05) is 19.7 Å².